The molecule has 0 bridgehead atoms. The summed E-state index contributed by atoms with van der Waals surface area (Å²) in [7, 11) is 0. The molecular weight excluding hydrogens is 312 g/mol. The zero-order chi connectivity index (χ0) is 17.2. The lowest BCUT2D eigenvalue weighted by Crippen LogP contribution is -2.30. The van der Waals surface area contributed by atoms with Gasteiger partial charge in [0, 0.05) is 30.3 Å². The van der Waals surface area contributed by atoms with Gasteiger partial charge in [0.05, 0.1) is 0 Å². The van der Waals surface area contributed by atoms with Crippen LogP contribution in [-0.2, 0) is 17.6 Å². The monoisotopic (exact) mass is 334 g/mol. The second-order valence-electron chi connectivity index (χ2n) is 6.85. The Morgan fingerprint density at radius 3 is 2.64 bits per heavy atom. The van der Waals surface area contributed by atoms with Gasteiger partial charge >= 0.3 is 0 Å². The second-order valence-corrected chi connectivity index (χ2v) is 6.85. The molecule has 1 aliphatic carbocycles. The number of rotatable bonds is 5. The van der Waals surface area contributed by atoms with Gasteiger partial charge in [0.2, 0.25) is 5.91 Å². The van der Waals surface area contributed by atoms with E-state index < -0.39 is 0 Å². The van der Waals surface area contributed by atoms with Crippen LogP contribution in [0.1, 0.15) is 34.3 Å². The van der Waals surface area contributed by atoms with Crippen molar-refractivity contribution < 1.29 is 9.59 Å². The highest BCUT2D eigenvalue weighted by Crippen LogP contribution is 2.36. The zero-order valence-corrected chi connectivity index (χ0v) is 14.2. The number of carbonyl (C=O) groups excluding carboxylic acids is 2. The third-order valence-electron chi connectivity index (χ3n) is 4.97. The normalized spacial score (nSPS) is 15.8. The molecule has 0 spiro atoms. The van der Waals surface area contributed by atoms with E-state index in [1.54, 1.807) is 0 Å². The van der Waals surface area contributed by atoms with Crippen molar-refractivity contribution in [3.8, 4) is 0 Å². The number of fused-ring (bicyclic) bond motifs is 1. The number of anilines is 1. The second kappa shape index (κ2) is 6.71. The highest BCUT2D eigenvalue weighted by Gasteiger charge is 2.36. The van der Waals surface area contributed by atoms with Crippen LogP contribution in [0.15, 0.2) is 48.5 Å². The predicted octanol–water partition coefficient (Wildman–Crippen LogP) is 2.96. The summed E-state index contributed by atoms with van der Waals surface area (Å²) in [6.45, 7) is 1.36. The molecule has 1 fully saturated rings. The number of nitrogens with zero attached hydrogens (tertiary/aromatic N) is 1. The molecule has 2 aromatic rings. The van der Waals surface area contributed by atoms with Crippen LogP contribution in [0.4, 0.5) is 5.69 Å². The number of benzene rings is 2. The lowest BCUT2D eigenvalue weighted by Gasteiger charge is -2.17. The number of hydrogen-bond acceptors (Lipinski definition) is 2. The standard InChI is InChI=1S/C21H22N2O2/c24-20(22-12-10-15-4-2-1-3-5-15)18-8-9-19-17(14-18)11-13-23(19)21(25)16-6-7-16/h1-5,8-9,14,16H,6-7,10-13H2,(H,22,24). The number of nitrogens with one attached hydrogen (secondary N) is 1. The van der Waals surface area contributed by atoms with Gasteiger partial charge in [-0.1, -0.05) is 30.3 Å². The number of hydrogen-bond donors (Lipinski definition) is 1. The van der Waals surface area contributed by atoms with Gasteiger partial charge in [-0.3, -0.25) is 9.59 Å². The highest BCUT2D eigenvalue weighted by molar-refractivity contribution is 6.00. The molecule has 2 aromatic carbocycles. The summed E-state index contributed by atoms with van der Waals surface area (Å²) in [6, 6.07) is 15.8. The fourth-order valence-electron chi connectivity index (χ4n) is 3.39. The largest absolute Gasteiger partial charge is 0.352 e. The summed E-state index contributed by atoms with van der Waals surface area (Å²) >= 11 is 0. The third kappa shape index (κ3) is 3.43. The van der Waals surface area contributed by atoms with Crippen molar-refractivity contribution in [2.24, 2.45) is 5.92 Å². The molecule has 1 heterocycles. The molecule has 0 aromatic heterocycles. The van der Waals surface area contributed by atoms with E-state index in [1.807, 2.05) is 41.3 Å². The maximum absolute atomic E-state index is 12.4. The van der Waals surface area contributed by atoms with E-state index in [0.29, 0.717) is 12.1 Å². The molecule has 0 unspecified atom stereocenters. The predicted molar refractivity (Wildman–Crippen MR) is 97.7 cm³/mol. The van der Waals surface area contributed by atoms with Crippen LogP contribution < -0.4 is 10.2 Å². The van der Waals surface area contributed by atoms with Crippen molar-refractivity contribution in [1.29, 1.82) is 0 Å². The van der Waals surface area contributed by atoms with Crippen molar-refractivity contribution in [3.63, 3.8) is 0 Å². The first kappa shape index (κ1) is 15.9. The highest BCUT2D eigenvalue weighted by atomic mass is 16.2. The Morgan fingerprint density at radius 1 is 1.08 bits per heavy atom. The van der Waals surface area contributed by atoms with Gasteiger partial charge in [0.25, 0.3) is 5.91 Å². The van der Waals surface area contributed by atoms with Gasteiger partial charge in [-0.15, -0.1) is 0 Å². The Kier molecular flexibility index (Phi) is 4.26. The molecule has 0 saturated heterocycles. The molecule has 1 N–H and O–H groups in total. The minimum absolute atomic E-state index is 0.0503. The van der Waals surface area contributed by atoms with Gasteiger partial charge in [-0.25, -0.2) is 0 Å². The van der Waals surface area contributed by atoms with Crippen molar-refractivity contribution in [2.45, 2.75) is 25.7 Å². The third-order valence-corrected chi connectivity index (χ3v) is 4.97. The van der Waals surface area contributed by atoms with Gasteiger partial charge in [-0.05, 0) is 55.0 Å². The molecule has 4 rings (SSSR count). The van der Waals surface area contributed by atoms with Crippen LogP contribution in [0, 0.1) is 5.92 Å². The molecule has 1 saturated carbocycles. The minimum atomic E-state index is -0.0503. The van der Waals surface area contributed by atoms with E-state index in [1.165, 1.54) is 5.56 Å². The zero-order valence-electron chi connectivity index (χ0n) is 14.2. The van der Waals surface area contributed by atoms with Crippen molar-refractivity contribution in [2.75, 3.05) is 18.0 Å². The lowest BCUT2D eigenvalue weighted by atomic mass is 10.1. The maximum atomic E-state index is 12.4. The van der Waals surface area contributed by atoms with Gasteiger partial charge in [0.1, 0.15) is 0 Å². The topological polar surface area (TPSA) is 49.4 Å². The van der Waals surface area contributed by atoms with Crippen LogP contribution >= 0.6 is 0 Å². The van der Waals surface area contributed by atoms with Crippen LogP contribution in [0.5, 0.6) is 0 Å². The summed E-state index contributed by atoms with van der Waals surface area (Å²) in [6.07, 6.45) is 3.69. The molecule has 2 amide bonds. The van der Waals surface area contributed by atoms with E-state index in [0.717, 1.165) is 43.5 Å². The Labute approximate surface area is 147 Å². The average Bonchev–Trinajstić information content (AvgIpc) is 3.41. The molecule has 0 radical (unpaired) electrons. The molecule has 128 valence electrons. The maximum Gasteiger partial charge on any atom is 0.251 e. The quantitative estimate of drug-likeness (QED) is 0.914. The fraction of sp³-hybridized carbons (Fsp3) is 0.333. The van der Waals surface area contributed by atoms with Gasteiger partial charge < -0.3 is 10.2 Å². The fourth-order valence-corrected chi connectivity index (χ4v) is 3.39. The molecule has 0 atom stereocenters. The van der Waals surface area contributed by atoms with E-state index >= 15 is 0 Å². The molecule has 2 aliphatic rings. The summed E-state index contributed by atoms with van der Waals surface area (Å²) in [5.41, 5.74) is 3.97. The summed E-state index contributed by atoms with van der Waals surface area (Å²) in [5.74, 6) is 0.427. The van der Waals surface area contributed by atoms with E-state index in [9.17, 15) is 9.59 Å². The lowest BCUT2D eigenvalue weighted by molar-refractivity contribution is -0.119. The molecular formula is C21H22N2O2. The molecule has 25 heavy (non-hydrogen) atoms. The van der Waals surface area contributed by atoms with Gasteiger partial charge in [-0.2, -0.15) is 0 Å². The van der Waals surface area contributed by atoms with Crippen LogP contribution in [0.3, 0.4) is 0 Å². The van der Waals surface area contributed by atoms with Gasteiger partial charge in [0.15, 0.2) is 0 Å². The molecule has 1 aliphatic heterocycles. The van der Waals surface area contributed by atoms with Crippen LogP contribution in [0.25, 0.3) is 0 Å². The van der Waals surface area contributed by atoms with Crippen LogP contribution in [0.2, 0.25) is 0 Å². The molecule has 4 nitrogen and oxygen atoms in total. The smallest absolute Gasteiger partial charge is 0.251 e. The average molecular weight is 334 g/mol. The Balaban J connectivity index is 1.38. The number of amides is 2. The Morgan fingerprint density at radius 2 is 1.88 bits per heavy atom. The Hall–Kier alpha value is -2.62. The van der Waals surface area contributed by atoms with E-state index in [4.69, 9.17) is 0 Å². The van der Waals surface area contributed by atoms with Crippen molar-refractivity contribution in [1.82, 2.24) is 5.32 Å². The van der Waals surface area contributed by atoms with E-state index in [-0.39, 0.29) is 17.7 Å². The number of carbonyl (C=O) groups is 2. The van der Waals surface area contributed by atoms with E-state index in [2.05, 4.69) is 17.4 Å². The first-order valence-corrected chi connectivity index (χ1v) is 8.99. The van der Waals surface area contributed by atoms with Crippen molar-refractivity contribution >= 4 is 17.5 Å². The first-order valence-electron chi connectivity index (χ1n) is 8.99. The first-order chi connectivity index (χ1) is 12.2. The SMILES string of the molecule is O=C(NCCc1ccccc1)c1ccc2c(c1)CCN2C(=O)C1CC1. The summed E-state index contributed by atoms with van der Waals surface area (Å²) in [5, 5.41) is 2.98. The van der Waals surface area contributed by atoms with Crippen molar-refractivity contribution in [3.05, 3.63) is 65.2 Å². The summed E-state index contributed by atoms with van der Waals surface area (Å²) in [4.78, 5) is 26.6. The molecule has 4 heteroatoms. The Bertz CT molecular complexity index is 797. The summed E-state index contributed by atoms with van der Waals surface area (Å²) < 4.78 is 0. The van der Waals surface area contributed by atoms with Crippen LogP contribution in [-0.4, -0.2) is 24.9 Å². The minimum Gasteiger partial charge on any atom is -0.352 e.